The number of urea groups is 1. The summed E-state index contributed by atoms with van der Waals surface area (Å²) < 4.78 is 0. The van der Waals surface area contributed by atoms with Gasteiger partial charge in [0.15, 0.2) is 13.2 Å². The Morgan fingerprint density at radius 1 is 1.21 bits per heavy atom. The number of amides is 5. The summed E-state index contributed by atoms with van der Waals surface area (Å²) in [6.45, 7) is 0.00300. The van der Waals surface area contributed by atoms with Gasteiger partial charge in [-0.1, -0.05) is 12.1 Å². The van der Waals surface area contributed by atoms with Gasteiger partial charge in [0.25, 0.3) is 5.91 Å². The van der Waals surface area contributed by atoms with Crippen molar-refractivity contribution in [2.75, 3.05) is 38.9 Å². The number of benzene rings is 1. The van der Waals surface area contributed by atoms with Crippen LogP contribution < -0.4 is 10.2 Å². The highest BCUT2D eigenvalue weighted by Crippen LogP contribution is 2.24. The number of quaternary nitrogens is 1. The average molecular weight is 351 g/mol. The van der Waals surface area contributed by atoms with Crippen molar-refractivity contribution in [3.63, 3.8) is 0 Å². The Bertz CT molecular complexity index is 694. The second-order valence-corrected chi connectivity index (χ2v) is 6.27. The molecular weight excluding hydrogens is 332 g/mol. The van der Waals surface area contributed by atoms with E-state index in [9.17, 15) is 19.2 Å². The van der Waals surface area contributed by atoms with Crippen molar-refractivity contribution in [2.45, 2.75) is 4.90 Å². The molecule has 1 aliphatic heterocycles. The molecule has 2 N–H and O–H groups in total. The Morgan fingerprint density at radius 2 is 1.88 bits per heavy atom. The standard InChI is InChI=1S/C15H18N4O4S/c1-17(9-19-14(22)13(21)18(2)15(19)23)8-12(20)16-10-6-4-5-7-11(10)24-3/h4-7H,8-9H2,1-3H3,(H,16,20)/p+1. The quantitative estimate of drug-likeness (QED) is 0.399. The zero-order chi connectivity index (χ0) is 17.9. The highest BCUT2D eigenvalue weighted by molar-refractivity contribution is 7.98. The first-order chi connectivity index (χ1) is 11.3. The molecule has 2 rings (SSSR count). The summed E-state index contributed by atoms with van der Waals surface area (Å²) in [4.78, 5) is 50.3. The second kappa shape index (κ2) is 7.45. The second-order valence-electron chi connectivity index (χ2n) is 5.42. The number of hydrogen-bond acceptors (Lipinski definition) is 5. The molecule has 1 aromatic carbocycles. The first-order valence-electron chi connectivity index (χ1n) is 7.22. The molecule has 1 fully saturated rings. The summed E-state index contributed by atoms with van der Waals surface area (Å²) in [5.41, 5.74) is 0.714. The number of nitrogens with one attached hydrogen (secondary N) is 2. The van der Waals surface area contributed by atoms with Crippen molar-refractivity contribution >= 4 is 41.2 Å². The van der Waals surface area contributed by atoms with E-state index >= 15 is 0 Å². The summed E-state index contributed by atoms with van der Waals surface area (Å²) in [7, 11) is 2.92. The van der Waals surface area contributed by atoms with Crippen LogP contribution in [0.3, 0.4) is 0 Å². The van der Waals surface area contributed by atoms with Crippen molar-refractivity contribution in [3.05, 3.63) is 24.3 Å². The van der Waals surface area contributed by atoms with Gasteiger partial charge in [-0.3, -0.25) is 19.3 Å². The maximum atomic E-state index is 12.1. The minimum atomic E-state index is -0.866. The molecule has 5 amide bonds. The van der Waals surface area contributed by atoms with Gasteiger partial charge in [-0.15, -0.1) is 11.8 Å². The minimum absolute atomic E-state index is 0.0503. The van der Waals surface area contributed by atoms with E-state index in [1.165, 1.54) is 18.8 Å². The number of nitrogens with zero attached hydrogens (tertiary/aromatic N) is 2. The summed E-state index contributed by atoms with van der Waals surface area (Å²) in [5.74, 6) is -1.96. The van der Waals surface area contributed by atoms with Crippen molar-refractivity contribution in [2.24, 2.45) is 0 Å². The third-order valence-electron chi connectivity index (χ3n) is 3.52. The molecule has 1 aromatic rings. The number of carbonyl (C=O) groups excluding carboxylic acids is 4. The van der Waals surface area contributed by atoms with Gasteiger partial charge in [0.05, 0.1) is 12.7 Å². The van der Waals surface area contributed by atoms with Gasteiger partial charge in [-0.05, 0) is 18.4 Å². The SMILES string of the molecule is CSc1ccccc1NC(=O)C[NH+](C)CN1C(=O)C(=O)N(C)C1=O. The fourth-order valence-corrected chi connectivity index (χ4v) is 2.85. The van der Waals surface area contributed by atoms with Gasteiger partial charge in [-0.25, -0.2) is 9.69 Å². The Kier molecular flexibility index (Phi) is 5.58. The predicted octanol–water partition coefficient (Wildman–Crippen LogP) is -0.760. The number of para-hydroxylation sites is 1. The lowest BCUT2D eigenvalue weighted by atomic mass is 10.3. The summed E-state index contributed by atoms with van der Waals surface area (Å²) in [6.07, 6.45) is 1.92. The van der Waals surface area contributed by atoms with Gasteiger partial charge >= 0.3 is 17.8 Å². The first kappa shape index (κ1) is 18.0. The molecule has 0 bridgehead atoms. The van der Waals surface area contributed by atoms with E-state index in [0.717, 1.165) is 14.7 Å². The van der Waals surface area contributed by atoms with E-state index in [4.69, 9.17) is 0 Å². The lowest BCUT2D eigenvalue weighted by molar-refractivity contribution is -0.878. The molecule has 1 atom stereocenters. The van der Waals surface area contributed by atoms with E-state index in [1.54, 1.807) is 13.1 Å². The molecule has 0 aliphatic carbocycles. The van der Waals surface area contributed by atoms with Crippen molar-refractivity contribution in [3.8, 4) is 0 Å². The van der Waals surface area contributed by atoms with E-state index in [0.29, 0.717) is 10.6 Å². The van der Waals surface area contributed by atoms with Crippen LogP contribution in [0.4, 0.5) is 10.5 Å². The third-order valence-corrected chi connectivity index (χ3v) is 4.32. The molecule has 1 saturated heterocycles. The predicted molar refractivity (Wildman–Crippen MR) is 88.5 cm³/mol. The number of hydrogen-bond donors (Lipinski definition) is 2. The third kappa shape index (κ3) is 3.74. The summed E-state index contributed by atoms with van der Waals surface area (Å²) in [5, 5.41) is 2.81. The fourth-order valence-electron chi connectivity index (χ4n) is 2.30. The van der Waals surface area contributed by atoms with Crippen LogP contribution in [0.25, 0.3) is 0 Å². The van der Waals surface area contributed by atoms with Crippen molar-refractivity contribution < 1.29 is 24.1 Å². The smallest absolute Gasteiger partial charge is 0.320 e. The number of likely N-dealkylation sites (N-methyl/N-ethyl adjacent to an activating group) is 2. The Morgan fingerprint density at radius 3 is 2.46 bits per heavy atom. The van der Waals surface area contributed by atoms with Crippen LogP contribution in [0.1, 0.15) is 0 Å². The largest absolute Gasteiger partial charge is 0.338 e. The number of anilines is 1. The van der Waals surface area contributed by atoms with Gasteiger partial charge in [0.2, 0.25) is 0 Å². The van der Waals surface area contributed by atoms with E-state index in [-0.39, 0.29) is 19.1 Å². The Labute approximate surface area is 143 Å². The normalized spacial score (nSPS) is 15.9. The molecular formula is C15H19N4O4S+. The van der Waals surface area contributed by atoms with Crippen LogP contribution in [0.15, 0.2) is 29.2 Å². The van der Waals surface area contributed by atoms with Gasteiger partial charge in [0.1, 0.15) is 0 Å². The summed E-state index contributed by atoms with van der Waals surface area (Å²) in [6, 6.07) is 6.75. The first-order valence-corrected chi connectivity index (χ1v) is 8.45. The van der Waals surface area contributed by atoms with Crippen LogP contribution in [-0.4, -0.2) is 67.1 Å². The average Bonchev–Trinajstić information content (AvgIpc) is 2.73. The molecule has 1 heterocycles. The molecule has 8 nitrogen and oxygen atoms in total. The topological polar surface area (TPSA) is 91.2 Å². The van der Waals surface area contributed by atoms with Crippen LogP contribution in [0.5, 0.6) is 0 Å². The molecule has 0 aromatic heterocycles. The van der Waals surface area contributed by atoms with E-state index in [1.807, 2.05) is 24.5 Å². The maximum Gasteiger partial charge on any atom is 0.338 e. The Hall–Kier alpha value is -2.39. The maximum absolute atomic E-state index is 12.1. The van der Waals surface area contributed by atoms with Crippen LogP contribution in [0, 0.1) is 0 Å². The van der Waals surface area contributed by atoms with Gasteiger partial charge in [-0.2, -0.15) is 0 Å². The number of thioether (sulfide) groups is 1. The highest BCUT2D eigenvalue weighted by atomic mass is 32.2. The monoisotopic (exact) mass is 351 g/mol. The fraction of sp³-hybridized carbons (Fsp3) is 0.333. The van der Waals surface area contributed by atoms with Crippen molar-refractivity contribution in [1.82, 2.24) is 9.80 Å². The van der Waals surface area contributed by atoms with Gasteiger partial charge < -0.3 is 10.2 Å². The lowest BCUT2D eigenvalue weighted by Crippen LogP contribution is -3.11. The lowest BCUT2D eigenvalue weighted by Gasteiger charge is -2.19. The van der Waals surface area contributed by atoms with E-state index < -0.39 is 17.8 Å². The van der Waals surface area contributed by atoms with Gasteiger partial charge in [0, 0.05) is 11.9 Å². The number of carbonyl (C=O) groups is 4. The molecule has 0 radical (unpaired) electrons. The van der Waals surface area contributed by atoms with Crippen LogP contribution in [-0.2, 0) is 14.4 Å². The zero-order valence-corrected chi connectivity index (χ0v) is 14.5. The minimum Gasteiger partial charge on any atom is -0.320 e. The number of rotatable bonds is 6. The van der Waals surface area contributed by atoms with Crippen LogP contribution >= 0.6 is 11.8 Å². The van der Waals surface area contributed by atoms with Crippen LogP contribution in [0.2, 0.25) is 0 Å². The molecule has 1 unspecified atom stereocenters. The molecule has 128 valence electrons. The molecule has 24 heavy (non-hydrogen) atoms. The van der Waals surface area contributed by atoms with E-state index in [2.05, 4.69) is 5.32 Å². The molecule has 0 saturated carbocycles. The molecule has 0 spiro atoms. The molecule has 9 heteroatoms. The van der Waals surface area contributed by atoms with Crippen molar-refractivity contribution in [1.29, 1.82) is 0 Å². The highest BCUT2D eigenvalue weighted by Gasteiger charge is 2.43. The molecule has 1 aliphatic rings. The zero-order valence-electron chi connectivity index (χ0n) is 13.7. The Balaban J connectivity index is 1.94. The summed E-state index contributed by atoms with van der Waals surface area (Å²) >= 11 is 1.52. The number of imide groups is 2.